The van der Waals surface area contributed by atoms with Crippen LogP contribution in [0.3, 0.4) is 0 Å². The van der Waals surface area contributed by atoms with Gasteiger partial charge in [-0.15, -0.1) is 0 Å². The average molecular weight is 269 g/mol. The van der Waals surface area contributed by atoms with Crippen molar-refractivity contribution in [3.8, 4) is 5.75 Å². The summed E-state index contributed by atoms with van der Waals surface area (Å²) in [5, 5.41) is 0. The molecule has 1 atom stereocenters. The smallest absolute Gasteiger partial charge is 0.256 e. The Morgan fingerprint density at radius 2 is 2.20 bits per heavy atom. The minimum absolute atomic E-state index is 0.0229. The lowest BCUT2D eigenvalue weighted by atomic mass is 10.2. The first kappa shape index (κ1) is 12.6. The molecule has 0 spiro atoms. The fraction of sp³-hybridized carbons (Fsp3) is 0.267. The normalized spacial score (nSPS) is 15.1. The molecule has 5 heteroatoms. The molecular formula is C15H15N3O2. The third-order valence-electron chi connectivity index (χ3n) is 3.20. The summed E-state index contributed by atoms with van der Waals surface area (Å²) in [6, 6.07) is 7.28. The molecular weight excluding hydrogens is 254 g/mol. The first-order chi connectivity index (χ1) is 9.74. The number of amides is 1. The Hall–Kier alpha value is -2.43. The number of carbonyl (C=O) groups excluding carboxylic acids is 1. The van der Waals surface area contributed by atoms with Gasteiger partial charge < -0.3 is 9.64 Å². The highest BCUT2D eigenvalue weighted by molar-refractivity contribution is 5.97. The van der Waals surface area contributed by atoms with Gasteiger partial charge in [0.15, 0.2) is 0 Å². The van der Waals surface area contributed by atoms with E-state index < -0.39 is 0 Å². The van der Waals surface area contributed by atoms with Gasteiger partial charge in [0.05, 0.1) is 30.5 Å². The molecule has 0 unspecified atom stereocenters. The van der Waals surface area contributed by atoms with E-state index in [0.29, 0.717) is 24.4 Å². The lowest BCUT2D eigenvalue weighted by Crippen LogP contribution is -2.34. The molecule has 1 aliphatic heterocycles. The van der Waals surface area contributed by atoms with Crippen LogP contribution in [0.2, 0.25) is 0 Å². The maximum atomic E-state index is 12.2. The lowest BCUT2D eigenvalue weighted by molar-refractivity contribution is 0.0698. The van der Waals surface area contributed by atoms with E-state index in [1.165, 1.54) is 0 Å². The minimum Gasteiger partial charge on any atom is -0.487 e. The summed E-state index contributed by atoms with van der Waals surface area (Å²) in [6.07, 6.45) is 4.98. The fourth-order valence-corrected chi connectivity index (χ4v) is 2.33. The minimum atomic E-state index is -0.0996. The van der Waals surface area contributed by atoms with Crippen molar-refractivity contribution in [2.45, 2.75) is 19.6 Å². The second-order valence-corrected chi connectivity index (χ2v) is 4.80. The molecule has 5 nitrogen and oxygen atoms in total. The van der Waals surface area contributed by atoms with Crippen LogP contribution in [0.15, 0.2) is 42.9 Å². The highest BCUT2D eigenvalue weighted by Crippen LogP contribution is 2.21. The standard InChI is InChI=1S/C15H15N3O2/c1-11(20-12-4-2-6-16-8-12)9-18-10-14-13(15(18)19)5-3-7-17-14/h2-8,11H,9-10H2,1H3/t11-/m0/s1. The highest BCUT2D eigenvalue weighted by Gasteiger charge is 2.29. The molecule has 2 aromatic heterocycles. The van der Waals surface area contributed by atoms with Crippen LogP contribution < -0.4 is 4.74 Å². The van der Waals surface area contributed by atoms with Crippen molar-refractivity contribution in [2.24, 2.45) is 0 Å². The molecule has 20 heavy (non-hydrogen) atoms. The van der Waals surface area contributed by atoms with Crippen LogP contribution in [0.25, 0.3) is 0 Å². The van der Waals surface area contributed by atoms with Gasteiger partial charge in [0.25, 0.3) is 5.91 Å². The van der Waals surface area contributed by atoms with Crippen LogP contribution in [0.1, 0.15) is 23.0 Å². The quantitative estimate of drug-likeness (QED) is 0.850. The van der Waals surface area contributed by atoms with E-state index in [1.807, 2.05) is 25.1 Å². The summed E-state index contributed by atoms with van der Waals surface area (Å²) < 4.78 is 5.75. The molecule has 3 rings (SSSR count). The van der Waals surface area contributed by atoms with Crippen LogP contribution in [-0.4, -0.2) is 33.4 Å². The predicted molar refractivity (Wildman–Crippen MR) is 73.3 cm³/mol. The van der Waals surface area contributed by atoms with E-state index in [0.717, 1.165) is 5.69 Å². The third kappa shape index (κ3) is 2.47. The zero-order chi connectivity index (χ0) is 13.9. The summed E-state index contributed by atoms with van der Waals surface area (Å²) in [4.78, 5) is 22.2. The van der Waals surface area contributed by atoms with Crippen molar-refractivity contribution >= 4 is 5.91 Å². The molecule has 0 saturated carbocycles. The molecule has 0 bridgehead atoms. The van der Waals surface area contributed by atoms with Gasteiger partial charge in [-0.05, 0) is 31.2 Å². The molecule has 102 valence electrons. The second kappa shape index (κ2) is 5.28. The number of aromatic nitrogens is 2. The van der Waals surface area contributed by atoms with Gasteiger partial charge in [0.2, 0.25) is 0 Å². The SMILES string of the molecule is C[C@@H](CN1Cc2ncccc2C1=O)Oc1cccnc1. The molecule has 0 aliphatic carbocycles. The number of fused-ring (bicyclic) bond motifs is 1. The van der Waals surface area contributed by atoms with Crippen molar-refractivity contribution < 1.29 is 9.53 Å². The maximum absolute atomic E-state index is 12.2. The van der Waals surface area contributed by atoms with Gasteiger partial charge in [-0.2, -0.15) is 0 Å². The van der Waals surface area contributed by atoms with Gasteiger partial charge in [-0.3, -0.25) is 14.8 Å². The monoisotopic (exact) mass is 269 g/mol. The summed E-state index contributed by atoms with van der Waals surface area (Å²) in [5.74, 6) is 0.733. The van der Waals surface area contributed by atoms with Gasteiger partial charge in [-0.25, -0.2) is 0 Å². The Labute approximate surface area is 117 Å². The zero-order valence-electron chi connectivity index (χ0n) is 11.2. The third-order valence-corrected chi connectivity index (χ3v) is 3.20. The number of hydrogen-bond donors (Lipinski definition) is 0. The van der Waals surface area contributed by atoms with Gasteiger partial charge in [0, 0.05) is 12.4 Å². The van der Waals surface area contributed by atoms with Crippen LogP contribution >= 0.6 is 0 Å². The highest BCUT2D eigenvalue weighted by atomic mass is 16.5. The van der Waals surface area contributed by atoms with Crippen LogP contribution in [0.5, 0.6) is 5.75 Å². The first-order valence-electron chi connectivity index (χ1n) is 6.54. The van der Waals surface area contributed by atoms with Crippen molar-refractivity contribution in [2.75, 3.05) is 6.54 Å². The zero-order valence-corrected chi connectivity index (χ0v) is 11.2. The van der Waals surface area contributed by atoms with Crippen molar-refractivity contribution in [3.63, 3.8) is 0 Å². The fourth-order valence-electron chi connectivity index (χ4n) is 2.33. The summed E-state index contributed by atoms with van der Waals surface area (Å²) in [7, 11) is 0. The Morgan fingerprint density at radius 1 is 1.35 bits per heavy atom. The lowest BCUT2D eigenvalue weighted by Gasteiger charge is -2.21. The second-order valence-electron chi connectivity index (χ2n) is 4.80. The Balaban J connectivity index is 1.64. The van der Waals surface area contributed by atoms with Gasteiger partial charge >= 0.3 is 0 Å². The number of ether oxygens (including phenoxy) is 1. The van der Waals surface area contributed by atoms with Crippen molar-refractivity contribution in [3.05, 3.63) is 54.1 Å². The number of pyridine rings is 2. The Bertz CT molecular complexity index is 616. The molecule has 2 aromatic rings. The summed E-state index contributed by atoms with van der Waals surface area (Å²) >= 11 is 0. The average Bonchev–Trinajstić information content (AvgIpc) is 2.77. The van der Waals surface area contributed by atoms with E-state index >= 15 is 0 Å². The molecule has 3 heterocycles. The van der Waals surface area contributed by atoms with Crippen molar-refractivity contribution in [1.29, 1.82) is 0 Å². The van der Waals surface area contributed by atoms with E-state index in [2.05, 4.69) is 9.97 Å². The van der Waals surface area contributed by atoms with E-state index in [1.54, 1.807) is 29.6 Å². The number of carbonyl (C=O) groups is 1. The number of hydrogen-bond acceptors (Lipinski definition) is 4. The van der Waals surface area contributed by atoms with Crippen LogP contribution in [0, 0.1) is 0 Å². The maximum Gasteiger partial charge on any atom is 0.256 e. The molecule has 0 saturated heterocycles. The van der Waals surface area contributed by atoms with E-state index in [-0.39, 0.29) is 12.0 Å². The van der Waals surface area contributed by atoms with Gasteiger partial charge in [0.1, 0.15) is 11.9 Å². The van der Waals surface area contributed by atoms with Gasteiger partial charge in [-0.1, -0.05) is 0 Å². The molecule has 0 radical (unpaired) electrons. The Morgan fingerprint density at radius 3 is 2.95 bits per heavy atom. The van der Waals surface area contributed by atoms with Crippen LogP contribution in [-0.2, 0) is 6.54 Å². The molecule has 1 aliphatic rings. The first-order valence-corrected chi connectivity index (χ1v) is 6.54. The molecule has 0 aromatic carbocycles. The predicted octanol–water partition coefficient (Wildman–Crippen LogP) is 1.90. The molecule has 0 fully saturated rings. The Kier molecular flexibility index (Phi) is 3.33. The topological polar surface area (TPSA) is 55.3 Å². The number of rotatable bonds is 4. The molecule has 1 amide bonds. The molecule has 0 N–H and O–H groups in total. The van der Waals surface area contributed by atoms with Crippen LogP contribution in [0.4, 0.5) is 0 Å². The van der Waals surface area contributed by atoms with E-state index in [4.69, 9.17) is 4.74 Å². The largest absolute Gasteiger partial charge is 0.487 e. The van der Waals surface area contributed by atoms with E-state index in [9.17, 15) is 4.79 Å². The number of nitrogens with zero attached hydrogens (tertiary/aromatic N) is 3. The summed E-state index contributed by atoms with van der Waals surface area (Å²) in [5.41, 5.74) is 1.53. The van der Waals surface area contributed by atoms with Crippen molar-refractivity contribution in [1.82, 2.24) is 14.9 Å². The summed E-state index contributed by atoms with van der Waals surface area (Å²) in [6.45, 7) is 3.02.